The Hall–Kier alpha value is -0.250. The van der Waals surface area contributed by atoms with E-state index >= 15 is 0 Å². The molecule has 1 saturated carbocycles. The Morgan fingerprint density at radius 1 is 1.16 bits per heavy atom. The van der Waals surface area contributed by atoms with E-state index in [9.17, 15) is 4.79 Å². The van der Waals surface area contributed by atoms with Gasteiger partial charge in [-0.3, -0.25) is 4.79 Å². The first-order valence-electron chi connectivity index (χ1n) is 6.48. The van der Waals surface area contributed by atoms with Gasteiger partial charge in [-0.1, -0.05) is 64.5 Å². The van der Waals surface area contributed by atoms with Crippen LogP contribution >= 0.6 is 39.1 Å². The monoisotopic (exact) mass is 363 g/mol. The van der Waals surface area contributed by atoms with Crippen molar-refractivity contribution in [2.45, 2.75) is 43.0 Å². The summed E-state index contributed by atoms with van der Waals surface area (Å²) in [5, 5.41) is 3.84. The van der Waals surface area contributed by atoms with E-state index in [1.165, 1.54) is 12.8 Å². The zero-order valence-corrected chi connectivity index (χ0v) is 13.6. The summed E-state index contributed by atoms with van der Waals surface area (Å²) in [7, 11) is 0. The molecule has 2 rings (SSSR count). The van der Waals surface area contributed by atoms with Crippen molar-refractivity contribution in [1.82, 2.24) is 5.32 Å². The Morgan fingerprint density at radius 3 is 2.47 bits per heavy atom. The first kappa shape index (κ1) is 15.1. The predicted octanol–water partition coefficient (Wildman–Crippen LogP) is 4.82. The van der Waals surface area contributed by atoms with Crippen LogP contribution in [0.25, 0.3) is 0 Å². The highest BCUT2D eigenvalue weighted by Gasteiger charge is 2.25. The van der Waals surface area contributed by atoms with Gasteiger partial charge in [-0.2, -0.15) is 0 Å². The number of hydrogen-bond donors (Lipinski definition) is 1. The van der Waals surface area contributed by atoms with Crippen LogP contribution in [0.5, 0.6) is 0 Å². The SMILES string of the molecule is O=C(NC1CCCCCC1Br)c1c(Cl)cccc1Cl. The number of amides is 1. The molecular formula is C14H16BrCl2NO. The number of alkyl halides is 1. The first-order valence-corrected chi connectivity index (χ1v) is 8.15. The summed E-state index contributed by atoms with van der Waals surface area (Å²) >= 11 is 15.8. The highest BCUT2D eigenvalue weighted by molar-refractivity contribution is 9.09. The second-order valence-corrected chi connectivity index (χ2v) is 6.82. The summed E-state index contributed by atoms with van der Waals surface area (Å²) in [6, 6.07) is 5.24. The molecule has 1 N–H and O–H groups in total. The van der Waals surface area contributed by atoms with Gasteiger partial charge in [0, 0.05) is 10.9 Å². The molecule has 0 bridgehead atoms. The van der Waals surface area contributed by atoms with Crippen LogP contribution in [0, 0.1) is 0 Å². The van der Waals surface area contributed by atoms with Crippen molar-refractivity contribution in [3.8, 4) is 0 Å². The molecule has 1 aliphatic carbocycles. The Kier molecular flexibility index (Phi) is 5.55. The van der Waals surface area contributed by atoms with Crippen LogP contribution in [0.2, 0.25) is 10.0 Å². The largest absolute Gasteiger partial charge is 0.348 e. The standard InChI is InChI=1S/C14H16BrCl2NO/c15-9-5-2-1-3-8-12(9)18-14(19)13-10(16)6-4-7-11(13)17/h4,6-7,9,12H,1-3,5,8H2,(H,18,19). The minimum atomic E-state index is -0.188. The van der Waals surface area contributed by atoms with Gasteiger partial charge < -0.3 is 5.32 Å². The van der Waals surface area contributed by atoms with E-state index < -0.39 is 0 Å². The van der Waals surface area contributed by atoms with Crippen LogP contribution in [-0.4, -0.2) is 16.8 Å². The number of halogens is 3. The number of rotatable bonds is 2. The Balaban J connectivity index is 2.12. The Labute approximate surface area is 132 Å². The minimum Gasteiger partial charge on any atom is -0.348 e. The zero-order chi connectivity index (χ0) is 13.8. The van der Waals surface area contributed by atoms with Crippen LogP contribution in [0.1, 0.15) is 42.5 Å². The number of carbonyl (C=O) groups excluding carboxylic acids is 1. The molecule has 5 heteroatoms. The van der Waals surface area contributed by atoms with E-state index in [1.54, 1.807) is 18.2 Å². The quantitative estimate of drug-likeness (QED) is 0.591. The third kappa shape index (κ3) is 3.87. The minimum absolute atomic E-state index is 0.141. The summed E-state index contributed by atoms with van der Waals surface area (Å²) in [4.78, 5) is 12.6. The van der Waals surface area contributed by atoms with Gasteiger partial charge in [-0.15, -0.1) is 0 Å². The highest BCUT2D eigenvalue weighted by atomic mass is 79.9. The number of benzene rings is 1. The molecule has 2 unspecified atom stereocenters. The molecule has 1 aliphatic rings. The van der Waals surface area contributed by atoms with E-state index in [4.69, 9.17) is 23.2 Å². The van der Waals surface area contributed by atoms with Gasteiger partial charge in [-0.25, -0.2) is 0 Å². The molecular weight excluding hydrogens is 349 g/mol. The van der Waals surface area contributed by atoms with Crippen molar-refractivity contribution in [2.75, 3.05) is 0 Å². The number of hydrogen-bond acceptors (Lipinski definition) is 1. The molecule has 1 aromatic carbocycles. The van der Waals surface area contributed by atoms with Crippen molar-refractivity contribution in [2.24, 2.45) is 0 Å². The third-order valence-electron chi connectivity index (χ3n) is 3.44. The second-order valence-electron chi connectivity index (χ2n) is 4.83. The summed E-state index contributed by atoms with van der Waals surface area (Å²) in [6.45, 7) is 0. The smallest absolute Gasteiger partial charge is 0.254 e. The van der Waals surface area contributed by atoms with Gasteiger partial charge in [0.15, 0.2) is 0 Å². The van der Waals surface area contributed by atoms with Crippen LogP contribution < -0.4 is 5.32 Å². The number of nitrogens with one attached hydrogen (secondary N) is 1. The lowest BCUT2D eigenvalue weighted by Crippen LogP contribution is -2.40. The molecule has 0 saturated heterocycles. The first-order chi connectivity index (χ1) is 9.09. The Bertz CT molecular complexity index is 447. The average Bonchev–Trinajstić information content (AvgIpc) is 2.55. The lowest BCUT2D eigenvalue weighted by atomic mass is 10.1. The Morgan fingerprint density at radius 2 is 1.79 bits per heavy atom. The maximum Gasteiger partial charge on any atom is 0.254 e. The second kappa shape index (κ2) is 6.96. The van der Waals surface area contributed by atoms with Crippen molar-refractivity contribution in [1.29, 1.82) is 0 Å². The highest BCUT2D eigenvalue weighted by Crippen LogP contribution is 2.27. The van der Waals surface area contributed by atoms with Gasteiger partial charge in [0.2, 0.25) is 0 Å². The van der Waals surface area contributed by atoms with Crippen molar-refractivity contribution < 1.29 is 4.79 Å². The molecule has 104 valence electrons. The average molecular weight is 365 g/mol. The fraction of sp³-hybridized carbons (Fsp3) is 0.500. The molecule has 1 fully saturated rings. The van der Waals surface area contributed by atoms with Gasteiger partial charge in [0.25, 0.3) is 5.91 Å². The maximum atomic E-state index is 12.3. The predicted molar refractivity (Wildman–Crippen MR) is 83.5 cm³/mol. The van der Waals surface area contributed by atoms with E-state index in [0.29, 0.717) is 20.4 Å². The molecule has 1 aromatic rings. The topological polar surface area (TPSA) is 29.1 Å². The molecule has 0 aliphatic heterocycles. The molecule has 0 radical (unpaired) electrons. The summed E-state index contributed by atoms with van der Waals surface area (Å²) < 4.78 is 0. The number of carbonyl (C=O) groups is 1. The summed E-state index contributed by atoms with van der Waals surface area (Å²) in [5.41, 5.74) is 0.370. The fourth-order valence-electron chi connectivity index (χ4n) is 2.38. The fourth-order valence-corrected chi connectivity index (χ4v) is 3.67. The molecule has 0 heterocycles. The molecule has 19 heavy (non-hydrogen) atoms. The van der Waals surface area contributed by atoms with Crippen molar-refractivity contribution in [3.63, 3.8) is 0 Å². The van der Waals surface area contributed by atoms with Crippen LogP contribution in [0.15, 0.2) is 18.2 Å². The third-order valence-corrected chi connectivity index (χ3v) is 5.16. The van der Waals surface area contributed by atoms with Gasteiger partial charge in [-0.05, 0) is 25.0 Å². The molecule has 1 amide bonds. The van der Waals surface area contributed by atoms with E-state index in [1.807, 2.05) is 0 Å². The lowest BCUT2D eigenvalue weighted by molar-refractivity contribution is 0.0935. The normalized spacial score (nSPS) is 23.7. The van der Waals surface area contributed by atoms with Gasteiger partial charge in [0.1, 0.15) is 0 Å². The van der Waals surface area contributed by atoms with Crippen LogP contribution in [0.3, 0.4) is 0 Å². The summed E-state index contributed by atoms with van der Waals surface area (Å²) in [6.07, 6.45) is 5.64. The molecule has 2 nitrogen and oxygen atoms in total. The summed E-state index contributed by atoms with van der Waals surface area (Å²) in [5.74, 6) is -0.188. The van der Waals surface area contributed by atoms with E-state index in [-0.39, 0.29) is 11.9 Å². The van der Waals surface area contributed by atoms with Gasteiger partial charge >= 0.3 is 0 Å². The molecule has 0 aromatic heterocycles. The van der Waals surface area contributed by atoms with E-state index in [0.717, 1.165) is 19.3 Å². The van der Waals surface area contributed by atoms with Crippen LogP contribution in [0.4, 0.5) is 0 Å². The van der Waals surface area contributed by atoms with Crippen molar-refractivity contribution >= 4 is 45.0 Å². The molecule has 0 spiro atoms. The van der Waals surface area contributed by atoms with Crippen LogP contribution in [-0.2, 0) is 0 Å². The molecule has 2 atom stereocenters. The van der Waals surface area contributed by atoms with Crippen molar-refractivity contribution in [3.05, 3.63) is 33.8 Å². The van der Waals surface area contributed by atoms with E-state index in [2.05, 4.69) is 21.2 Å². The van der Waals surface area contributed by atoms with Gasteiger partial charge in [0.05, 0.1) is 15.6 Å². The maximum absolute atomic E-state index is 12.3. The lowest BCUT2D eigenvalue weighted by Gasteiger charge is -2.22. The zero-order valence-electron chi connectivity index (χ0n) is 10.5.